The van der Waals surface area contributed by atoms with Crippen molar-refractivity contribution in [3.05, 3.63) is 108 Å². The van der Waals surface area contributed by atoms with Gasteiger partial charge in [0.1, 0.15) is 0 Å². The Morgan fingerprint density at radius 1 is 0.968 bits per heavy atom. The number of hydrogen-bond acceptors (Lipinski definition) is 3. The maximum Gasteiger partial charge on any atom is 0.232 e. The molecule has 1 atom stereocenters. The molecule has 4 heteroatoms. The van der Waals surface area contributed by atoms with Gasteiger partial charge in [0.05, 0.1) is 17.3 Å². The van der Waals surface area contributed by atoms with E-state index in [1.165, 1.54) is 0 Å². The van der Waals surface area contributed by atoms with Gasteiger partial charge in [-0.05, 0) is 29.2 Å². The van der Waals surface area contributed by atoms with Crippen molar-refractivity contribution in [2.24, 2.45) is 11.0 Å². The first-order valence-corrected chi connectivity index (χ1v) is 10.6. The first-order valence-electron chi connectivity index (χ1n) is 10.6. The second-order valence-electron chi connectivity index (χ2n) is 8.19. The number of rotatable bonds is 6. The predicted molar refractivity (Wildman–Crippen MR) is 128 cm³/mol. The third-order valence-electron chi connectivity index (χ3n) is 5.56. The van der Waals surface area contributed by atoms with Crippen LogP contribution in [0.25, 0.3) is 5.70 Å². The lowest BCUT2D eigenvalue weighted by Gasteiger charge is -2.21. The molecule has 0 radical (unpaired) electrons. The van der Waals surface area contributed by atoms with E-state index in [4.69, 9.17) is 0 Å². The molecule has 0 aliphatic carbocycles. The van der Waals surface area contributed by atoms with Gasteiger partial charge in [-0.1, -0.05) is 87.2 Å². The number of carbonyl (C=O) groups excluding carboxylic acids is 1. The van der Waals surface area contributed by atoms with Gasteiger partial charge < -0.3 is 5.32 Å². The van der Waals surface area contributed by atoms with Crippen LogP contribution in [0, 0.1) is 5.92 Å². The van der Waals surface area contributed by atoms with Crippen LogP contribution in [0.1, 0.15) is 42.0 Å². The molecule has 1 amide bonds. The Hall–Kier alpha value is -3.66. The second-order valence-corrected chi connectivity index (χ2v) is 8.19. The summed E-state index contributed by atoms with van der Waals surface area (Å²) in [6, 6.07) is 26.1. The van der Waals surface area contributed by atoms with E-state index in [-0.39, 0.29) is 17.7 Å². The average Bonchev–Trinajstić information content (AvgIpc) is 2.77. The van der Waals surface area contributed by atoms with E-state index in [1.807, 2.05) is 66.7 Å². The number of nitrogens with one attached hydrogen (secondary N) is 2. The van der Waals surface area contributed by atoms with Gasteiger partial charge in [-0.25, -0.2) is 0 Å². The van der Waals surface area contributed by atoms with Gasteiger partial charge in [0, 0.05) is 23.2 Å². The Bertz CT molecular complexity index is 1130. The number of hydrogen-bond donors (Lipinski definition) is 2. The number of fused-ring (bicyclic) bond motifs is 1. The minimum Gasteiger partial charge on any atom is -0.326 e. The predicted octanol–water partition coefficient (Wildman–Crippen LogP) is 5.59. The van der Waals surface area contributed by atoms with E-state index in [0.29, 0.717) is 6.42 Å². The summed E-state index contributed by atoms with van der Waals surface area (Å²) in [4.78, 5) is 13.1. The van der Waals surface area contributed by atoms with Crippen LogP contribution in [-0.2, 0) is 11.2 Å². The molecule has 0 saturated heterocycles. The molecule has 0 saturated carbocycles. The molecule has 0 bridgehead atoms. The zero-order chi connectivity index (χ0) is 21.8. The molecule has 2 N–H and O–H groups in total. The van der Waals surface area contributed by atoms with Crippen molar-refractivity contribution in [1.82, 2.24) is 5.43 Å². The number of hydrazone groups is 1. The van der Waals surface area contributed by atoms with Gasteiger partial charge in [0.25, 0.3) is 0 Å². The molecule has 1 unspecified atom stereocenters. The normalized spacial score (nSPS) is 13.8. The summed E-state index contributed by atoms with van der Waals surface area (Å²) >= 11 is 0. The Kier molecular flexibility index (Phi) is 5.99. The number of benzene rings is 3. The van der Waals surface area contributed by atoms with E-state index in [1.54, 1.807) is 0 Å². The molecular weight excluding hydrogens is 382 g/mol. The van der Waals surface area contributed by atoms with Crippen molar-refractivity contribution in [3.8, 4) is 0 Å². The van der Waals surface area contributed by atoms with Gasteiger partial charge in [0.15, 0.2) is 0 Å². The zero-order valence-corrected chi connectivity index (χ0v) is 17.9. The first kappa shape index (κ1) is 20.6. The Morgan fingerprint density at radius 2 is 1.68 bits per heavy atom. The standard InChI is InChI=1S/C27H27N3O/c1-18(2)26(21-11-5-4-6-12-21)27(31)28-22-13-9-10-20(16-22)17-25-24-15-8-7-14-23(24)19(3)29-30-25/h4-16,18,26,29H,3,17H2,1-2H3,(H,28,31). The van der Waals surface area contributed by atoms with Gasteiger partial charge in [0.2, 0.25) is 5.91 Å². The van der Waals surface area contributed by atoms with E-state index in [9.17, 15) is 4.79 Å². The summed E-state index contributed by atoms with van der Waals surface area (Å²) in [5.41, 5.74) is 9.86. The van der Waals surface area contributed by atoms with E-state index < -0.39 is 0 Å². The number of nitrogens with zero attached hydrogens (tertiary/aromatic N) is 1. The molecule has 3 aromatic carbocycles. The van der Waals surface area contributed by atoms with Crippen LogP contribution in [0.3, 0.4) is 0 Å². The summed E-state index contributed by atoms with van der Waals surface area (Å²) in [5.74, 6) is 0.00388. The van der Waals surface area contributed by atoms with Gasteiger partial charge in [-0.2, -0.15) is 5.10 Å². The van der Waals surface area contributed by atoms with Crippen LogP contribution < -0.4 is 10.7 Å². The third-order valence-corrected chi connectivity index (χ3v) is 5.56. The van der Waals surface area contributed by atoms with E-state index >= 15 is 0 Å². The Balaban J connectivity index is 1.53. The van der Waals surface area contributed by atoms with Crippen molar-refractivity contribution < 1.29 is 4.79 Å². The third kappa shape index (κ3) is 4.58. The molecule has 3 aromatic rings. The fourth-order valence-electron chi connectivity index (χ4n) is 4.06. The summed E-state index contributed by atoms with van der Waals surface area (Å²) in [6.45, 7) is 8.19. The Morgan fingerprint density at radius 3 is 2.42 bits per heavy atom. The molecule has 1 aliphatic heterocycles. The average molecular weight is 410 g/mol. The highest BCUT2D eigenvalue weighted by Crippen LogP contribution is 2.27. The van der Waals surface area contributed by atoms with Gasteiger partial charge >= 0.3 is 0 Å². The molecular formula is C27H27N3O. The van der Waals surface area contributed by atoms with E-state index in [0.717, 1.165) is 39.3 Å². The molecule has 4 rings (SSSR count). The van der Waals surface area contributed by atoms with Crippen molar-refractivity contribution in [3.63, 3.8) is 0 Å². The van der Waals surface area contributed by atoms with Crippen LogP contribution in [0.5, 0.6) is 0 Å². The van der Waals surface area contributed by atoms with Gasteiger partial charge in [-0.15, -0.1) is 0 Å². The Labute approximate surface area is 183 Å². The fraction of sp³-hybridized carbons (Fsp3) is 0.185. The topological polar surface area (TPSA) is 53.5 Å². The molecule has 1 heterocycles. The smallest absolute Gasteiger partial charge is 0.232 e. The molecule has 156 valence electrons. The molecule has 0 fully saturated rings. The quantitative estimate of drug-likeness (QED) is 0.558. The summed E-state index contributed by atoms with van der Waals surface area (Å²) < 4.78 is 0. The number of anilines is 1. The summed E-state index contributed by atoms with van der Waals surface area (Å²) in [6.07, 6.45) is 0.660. The summed E-state index contributed by atoms with van der Waals surface area (Å²) in [7, 11) is 0. The van der Waals surface area contributed by atoms with Crippen LogP contribution in [0.4, 0.5) is 5.69 Å². The monoisotopic (exact) mass is 409 g/mol. The van der Waals surface area contributed by atoms with Gasteiger partial charge in [-0.3, -0.25) is 10.2 Å². The maximum atomic E-state index is 13.1. The highest BCUT2D eigenvalue weighted by atomic mass is 16.1. The summed E-state index contributed by atoms with van der Waals surface area (Å²) in [5, 5.41) is 7.63. The SMILES string of the molecule is C=C1NN=C(Cc2cccc(NC(=O)C(c3ccccc3)C(C)C)c2)c2ccccc21. The largest absolute Gasteiger partial charge is 0.326 e. The van der Waals surface area contributed by atoms with Crippen LogP contribution in [-0.4, -0.2) is 11.6 Å². The fourth-order valence-corrected chi connectivity index (χ4v) is 4.06. The van der Waals surface area contributed by atoms with E-state index in [2.05, 4.69) is 48.4 Å². The van der Waals surface area contributed by atoms with Crippen LogP contribution in [0.2, 0.25) is 0 Å². The minimum atomic E-state index is -0.199. The van der Waals surface area contributed by atoms with Crippen molar-refractivity contribution in [2.45, 2.75) is 26.2 Å². The molecule has 1 aliphatic rings. The zero-order valence-electron chi connectivity index (χ0n) is 17.9. The number of carbonyl (C=O) groups is 1. The molecule has 0 aromatic heterocycles. The highest BCUT2D eigenvalue weighted by Gasteiger charge is 2.24. The highest BCUT2D eigenvalue weighted by molar-refractivity contribution is 6.07. The molecule has 4 nitrogen and oxygen atoms in total. The van der Waals surface area contributed by atoms with Crippen LogP contribution in [0.15, 0.2) is 90.5 Å². The van der Waals surface area contributed by atoms with Crippen LogP contribution >= 0.6 is 0 Å². The molecule has 0 spiro atoms. The first-order chi connectivity index (χ1) is 15.0. The molecule has 31 heavy (non-hydrogen) atoms. The van der Waals surface area contributed by atoms with Crippen molar-refractivity contribution in [1.29, 1.82) is 0 Å². The number of amides is 1. The van der Waals surface area contributed by atoms with Crippen molar-refractivity contribution >= 4 is 23.0 Å². The lowest BCUT2D eigenvalue weighted by molar-refractivity contribution is -0.118. The maximum absolute atomic E-state index is 13.1. The van der Waals surface area contributed by atoms with Crippen molar-refractivity contribution in [2.75, 3.05) is 5.32 Å². The minimum absolute atomic E-state index is 0.0108. The lowest BCUT2D eigenvalue weighted by Crippen LogP contribution is -2.25. The second kappa shape index (κ2) is 9.00. The lowest BCUT2D eigenvalue weighted by atomic mass is 9.87.